The number of aromatic nitrogens is 2. The predicted octanol–water partition coefficient (Wildman–Crippen LogP) is 3.52. The summed E-state index contributed by atoms with van der Waals surface area (Å²) < 4.78 is 5.39. The van der Waals surface area contributed by atoms with Crippen molar-refractivity contribution in [1.29, 1.82) is 0 Å². The second-order valence-corrected chi connectivity index (χ2v) is 8.07. The number of pyridine rings is 1. The van der Waals surface area contributed by atoms with Gasteiger partial charge in [0.1, 0.15) is 5.84 Å². The lowest BCUT2D eigenvalue weighted by molar-refractivity contribution is 0.0377. The zero-order chi connectivity index (χ0) is 21.9. The van der Waals surface area contributed by atoms with E-state index < -0.39 is 0 Å². The first-order valence-electron chi connectivity index (χ1n) is 11.0. The van der Waals surface area contributed by atoms with E-state index in [2.05, 4.69) is 14.9 Å². The number of nitrogens with two attached hydrogens (primary N) is 1. The fourth-order valence-corrected chi connectivity index (χ4v) is 4.21. The second-order valence-electron chi connectivity index (χ2n) is 8.07. The molecule has 3 heterocycles. The molecule has 1 aliphatic rings. The largest absolute Gasteiger partial charge is 0.494 e. The molecule has 4 N–H and O–H groups in total. The molecule has 1 fully saturated rings. The highest BCUT2D eigenvalue weighted by atomic mass is 16.5. The standard InChI is InChI=1S/C25H27N5O2/c26-24(27-10-3-11-30-12-14-32-15-13-30)18-7-8-21-19(16-18)23(25(31)29-21)22-9-6-17-4-1-2-5-20(17)28-22/h1-2,4-9,16,29,31H,3,10-15H2,(H2,26,27). The number of ether oxygens (including phenoxy) is 1. The van der Waals surface area contributed by atoms with Crippen LogP contribution >= 0.6 is 0 Å². The Morgan fingerprint density at radius 1 is 1.12 bits per heavy atom. The Morgan fingerprint density at radius 3 is 2.84 bits per heavy atom. The van der Waals surface area contributed by atoms with Gasteiger partial charge in [-0.25, -0.2) is 4.98 Å². The molecule has 32 heavy (non-hydrogen) atoms. The maximum Gasteiger partial charge on any atom is 0.199 e. The Labute approximate surface area is 186 Å². The smallest absolute Gasteiger partial charge is 0.199 e. The number of rotatable bonds is 6. The highest BCUT2D eigenvalue weighted by Crippen LogP contribution is 2.36. The number of para-hydroxylation sites is 1. The summed E-state index contributed by atoms with van der Waals surface area (Å²) in [4.78, 5) is 14.8. The van der Waals surface area contributed by atoms with E-state index in [1.54, 1.807) is 0 Å². The van der Waals surface area contributed by atoms with Crippen LogP contribution < -0.4 is 5.73 Å². The van der Waals surface area contributed by atoms with Gasteiger partial charge in [-0.2, -0.15) is 0 Å². The number of H-pyrrole nitrogens is 1. The van der Waals surface area contributed by atoms with Gasteiger partial charge in [0.15, 0.2) is 5.88 Å². The van der Waals surface area contributed by atoms with Gasteiger partial charge in [0.05, 0.1) is 30.0 Å². The second kappa shape index (κ2) is 8.98. The summed E-state index contributed by atoms with van der Waals surface area (Å²) in [6.45, 7) is 5.27. The van der Waals surface area contributed by atoms with Crippen LogP contribution in [0.25, 0.3) is 33.1 Å². The fraction of sp³-hybridized carbons (Fsp3) is 0.280. The summed E-state index contributed by atoms with van der Waals surface area (Å²) in [5.74, 6) is 0.605. The SMILES string of the molecule is NC(=NCCCN1CCOCC1)c1ccc2[nH]c(O)c(-c3ccc4ccccc4n3)c2c1. The molecule has 0 saturated carbocycles. The van der Waals surface area contributed by atoms with Gasteiger partial charge in [-0.05, 0) is 36.8 Å². The third-order valence-electron chi connectivity index (χ3n) is 5.95. The molecule has 4 aromatic rings. The first-order valence-corrected chi connectivity index (χ1v) is 11.0. The van der Waals surface area contributed by atoms with Gasteiger partial charge >= 0.3 is 0 Å². The van der Waals surface area contributed by atoms with Crippen LogP contribution in [0.2, 0.25) is 0 Å². The maximum atomic E-state index is 10.6. The van der Waals surface area contributed by atoms with Gasteiger partial charge in [-0.15, -0.1) is 0 Å². The number of aliphatic imine (C=N–C) groups is 1. The van der Waals surface area contributed by atoms with Crippen molar-refractivity contribution in [1.82, 2.24) is 14.9 Å². The van der Waals surface area contributed by atoms with Crippen LogP contribution in [0.4, 0.5) is 0 Å². The van der Waals surface area contributed by atoms with Crippen LogP contribution in [0, 0.1) is 0 Å². The Bertz CT molecular complexity index is 1270. The van der Waals surface area contributed by atoms with Crippen LogP contribution in [-0.4, -0.2) is 65.2 Å². The lowest BCUT2D eigenvalue weighted by Crippen LogP contribution is -2.37. The van der Waals surface area contributed by atoms with E-state index in [1.807, 2.05) is 54.6 Å². The summed E-state index contributed by atoms with van der Waals surface area (Å²) in [5, 5.41) is 12.5. The summed E-state index contributed by atoms with van der Waals surface area (Å²) >= 11 is 0. The third kappa shape index (κ3) is 4.17. The van der Waals surface area contributed by atoms with Gasteiger partial charge in [0.25, 0.3) is 0 Å². The minimum Gasteiger partial charge on any atom is -0.494 e. The molecule has 7 nitrogen and oxygen atoms in total. The molecule has 2 aromatic carbocycles. The van der Waals surface area contributed by atoms with Crippen molar-refractivity contribution >= 4 is 27.6 Å². The highest BCUT2D eigenvalue weighted by molar-refractivity contribution is 6.05. The molecule has 1 saturated heterocycles. The number of morpholine rings is 1. The lowest BCUT2D eigenvalue weighted by atomic mass is 10.0. The van der Waals surface area contributed by atoms with Crippen molar-refractivity contribution in [2.75, 3.05) is 39.4 Å². The average Bonchev–Trinajstić information content (AvgIpc) is 3.17. The molecule has 0 radical (unpaired) electrons. The molecule has 5 rings (SSSR count). The predicted molar refractivity (Wildman–Crippen MR) is 128 cm³/mol. The van der Waals surface area contributed by atoms with Crippen LogP contribution in [0.1, 0.15) is 12.0 Å². The number of aromatic hydroxyl groups is 1. The molecule has 0 spiro atoms. The highest BCUT2D eigenvalue weighted by Gasteiger charge is 2.16. The van der Waals surface area contributed by atoms with Gasteiger partial charge in [-0.1, -0.05) is 24.3 Å². The first-order chi connectivity index (χ1) is 15.7. The zero-order valence-electron chi connectivity index (χ0n) is 17.9. The molecular formula is C25H27N5O2. The Hall–Kier alpha value is -3.42. The minimum absolute atomic E-state index is 0.0981. The fourth-order valence-electron chi connectivity index (χ4n) is 4.21. The van der Waals surface area contributed by atoms with E-state index in [9.17, 15) is 5.11 Å². The maximum absolute atomic E-state index is 10.6. The number of hydrogen-bond donors (Lipinski definition) is 3. The van der Waals surface area contributed by atoms with Crippen molar-refractivity contribution in [3.05, 3.63) is 60.2 Å². The topological polar surface area (TPSA) is 99.8 Å². The molecule has 164 valence electrons. The Morgan fingerprint density at radius 2 is 1.97 bits per heavy atom. The van der Waals surface area contributed by atoms with E-state index in [0.717, 1.165) is 66.6 Å². The summed E-state index contributed by atoms with van der Waals surface area (Å²) in [6, 6.07) is 17.7. The molecular weight excluding hydrogens is 402 g/mol. The van der Waals surface area contributed by atoms with Crippen molar-refractivity contribution < 1.29 is 9.84 Å². The Kier molecular flexibility index (Phi) is 5.75. The van der Waals surface area contributed by atoms with E-state index in [-0.39, 0.29) is 5.88 Å². The van der Waals surface area contributed by atoms with Crippen LogP contribution in [0.3, 0.4) is 0 Å². The van der Waals surface area contributed by atoms with E-state index in [0.29, 0.717) is 23.6 Å². The van der Waals surface area contributed by atoms with Crippen LogP contribution in [-0.2, 0) is 4.74 Å². The summed E-state index contributed by atoms with van der Waals surface area (Å²) in [7, 11) is 0. The average molecular weight is 430 g/mol. The van der Waals surface area contributed by atoms with Crippen LogP contribution in [0.5, 0.6) is 5.88 Å². The quantitative estimate of drug-likeness (QED) is 0.247. The number of nitrogens with zero attached hydrogens (tertiary/aromatic N) is 3. The molecule has 0 bridgehead atoms. The monoisotopic (exact) mass is 429 g/mol. The third-order valence-corrected chi connectivity index (χ3v) is 5.95. The van der Waals surface area contributed by atoms with Crippen molar-refractivity contribution in [3.63, 3.8) is 0 Å². The number of nitrogens with one attached hydrogen (secondary N) is 1. The van der Waals surface area contributed by atoms with E-state index >= 15 is 0 Å². The normalized spacial score (nSPS) is 15.6. The lowest BCUT2D eigenvalue weighted by Gasteiger charge is -2.26. The molecule has 2 aromatic heterocycles. The van der Waals surface area contributed by atoms with E-state index in [1.165, 1.54) is 0 Å². The molecule has 7 heteroatoms. The summed E-state index contributed by atoms with van der Waals surface area (Å²) in [5.41, 5.74) is 10.2. The van der Waals surface area contributed by atoms with E-state index in [4.69, 9.17) is 15.5 Å². The number of hydrogen-bond acceptors (Lipinski definition) is 5. The molecule has 1 aliphatic heterocycles. The first kappa shape index (κ1) is 20.5. The van der Waals surface area contributed by atoms with Crippen molar-refractivity contribution in [3.8, 4) is 17.1 Å². The molecule has 0 atom stereocenters. The minimum atomic E-state index is 0.0981. The molecule has 0 unspecified atom stereocenters. The van der Waals surface area contributed by atoms with Gasteiger partial charge < -0.3 is 20.6 Å². The molecule has 0 amide bonds. The molecule has 0 aliphatic carbocycles. The van der Waals surface area contributed by atoms with Gasteiger partial charge in [0.2, 0.25) is 0 Å². The number of amidine groups is 1. The number of aromatic amines is 1. The van der Waals surface area contributed by atoms with Gasteiger partial charge in [0, 0.05) is 48.0 Å². The van der Waals surface area contributed by atoms with Crippen molar-refractivity contribution in [2.24, 2.45) is 10.7 Å². The number of benzene rings is 2. The van der Waals surface area contributed by atoms with Crippen molar-refractivity contribution in [2.45, 2.75) is 6.42 Å². The number of fused-ring (bicyclic) bond motifs is 2. The summed E-state index contributed by atoms with van der Waals surface area (Å²) in [6.07, 6.45) is 0.958. The Balaban J connectivity index is 1.39. The van der Waals surface area contributed by atoms with Gasteiger partial charge in [-0.3, -0.25) is 9.89 Å². The zero-order valence-corrected chi connectivity index (χ0v) is 17.9. The van der Waals surface area contributed by atoms with Crippen LogP contribution in [0.15, 0.2) is 59.6 Å².